The van der Waals surface area contributed by atoms with Crippen LogP contribution in [0.5, 0.6) is 5.75 Å². The van der Waals surface area contributed by atoms with E-state index in [4.69, 9.17) is 4.74 Å². The van der Waals surface area contributed by atoms with Crippen LogP contribution in [0.1, 0.15) is 55.7 Å². The average Bonchev–Trinajstić information content (AvgIpc) is 3.11. The minimum absolute atomic E-state index is 0.00171. The quantitative estimate of drug-likeness (QED) is 0.820. The molecule has 1 aromatic carbocycles. The Balaban J connectivity index is 1.39. The van der Waals surface area contributed by atoms with Crippen molar-refractivity contribution in [3.8, 4) is 5.75 Å². The molecule has 2 heterocycles. The molecule has 1 saturated heterocycles. The van der Waals surface area contributed by atoms with Crippen molar-refractivity contribution in [2.75, 3.05) is 26.2 Å². The van der Waals surface area contributed by atoms with Crippen LogP contribution < -0.4 is 10.1 Å². The van der Waals surface area contributed by atoms with Crippen LogP contribution >= 0.6 is 0 Å². The van der Waals surface area contributed by atoms with Crippen molar-refractivity contribution < 1.29 is 14.6 Å². The Bertz CT molecular complexity index is 636. The molecule has 2 aliphatic heterocycles. The van der Waals surface area contributed by atoms with E-state index in [1.165, 1.54) is 24.8 Å². The third kappa shape index (κ3) is 4.04. The summed E-state index contributed by atoms with van der Waals surface area (Å²) in [7, 11) is 0. The minimum atomic E-state index is -0.217. The van der Waals surface area contributed by atoms with E-state index in [0.717, 1.165) is 56.8 Å². The molecule has 0 aromatic heterocycles. The van der Waals surface area contributed by atoms with Crippen LogP contribution in [0.2, 0.25) is 0 Å². The van der Waals surface area contributed by atoms with Gasteiger partial charge in [0, 0.05) is 19.4 Å². The van der Waals surface area contributed by atoms with E-state index in [2.05, 4.69) is 22.3 Å². The Labute approximate surface area is 155 Å². The molecular formula is C21H30N2O3. The molecule has 5 heteroatoms. The van der Waals surface area contributed by atoms with Crippen LogP contribution in [0.4, 0.5) is 0 Å². The Morgan fingerprint density at radius 3 is 2.85 bits per heavy atom. The van der Waals surface area contributed by atoms with Gasteiger partial charge < -0.3 is 20.1 Å². The zero-order valence-electron chi connectivity index (χ0n) is 15.5. The highest BCUT2D eigenvalue weighted by Crippen LogP contribution is 2.39. The minimum Gasteiger partial charge on any atom is -0.493 e. The molecule has 0 spiro atoms. The fourth-order valence-corrected chi connectivity index (χ4v) is 4.46. The lowest BCUT2D eigenvalue weighted by Gasteiger charge is -2.38. The SMILES string of the molecule is O=C(CCN1CCCCC1)NC(c1ccc2c(c1)CCO2)C1CC(O)C1. The van der Waals surface area contributed by atoms with Gasteiger partial charge in [-0.05, 0) is 68.0 Å². The number of nitrogens with one attached hydrogen (secondary N) is 1. The first-order valence-corrected chi connectivity index (χ1v) is 10.1. The van der Waals surface area contributed by atoms with Crippen LogP contribution in [-0.2, 0) is 11.2 Å². The molecule has 1 atom stereocenters. The number of hydrogen-bond donors (Lipinski definition) is 2. The summed E-state index contributed by atoms with van der Waals surface area (Å²) in [6, 6.07) is 6.28. The van der Waals surface area contributed by atoms with Gasteiger partial charge in [-0.1, -0.05) is 12.5 Å². The number of aliphatic hydroxyl groups is 1. The highest BCUT2D eigenvalue weighted by Gasteiger charge is 2.36. The Morgan fingerprint density at radius 2 is 2.08 bits per heavy atom. The number of carbonyl (C=O) groups is 1. The van der Waals surface area contributed by atoms with Gasteiger partial charge in [0.25, 0.3) is 0 Å². The lowest BCUT2D eigenvalue weighted by atomic mass is 9.75. The van der Waals surface area contributed by atoms with Crippen molar-refractivity contribution in [2.24, 2.45) is 5.92 Å². The summed E-state index contributed by atoms with van der Waals surface area (Å²) in [5.74, 6) is 1.42. The van der Waals surface area contributed by atoms with E-state index in [1.807, 2.05) is 6.07 Å². The number of likely N-dealkylation sites (tertiary alicyclic amines) is 1. The lowest BCUT2D eigenvalue weighted by Crippen LogP contribution is -2.42. The van der Waals surface area contributed by atoms with Gasteiger partial charge in [-0.25, -0.2) is 0 Å². The highest BCUT2D eigenvalue weighted by atomic mass is 16.5. The van der Waals surface area contributed by atoms with Crippen LogP contribution in [0.15, 0.2) is 18.2 Å². The summed E-state index contributed by atoms with van der Waals surface area (Å²) >= 11 is 0. The van der Waals surface area contributed by atoms with Crippen molar-refractivity contribution in [2.45, 2.75) is 57.1 Å². The van der Waals surface area contributed by atoms with Gasteiger partial charge in [-0.15, -0.1) is 0 Å². The van der Waals surface area contributed by atoms with Crippen molar-refractivity contribution in [3.63, 3.8) is 0 Å². The molecule has 3 aliphatic rings. The van der Waals surface area contributed by atoms with Gasteiger partial charge in [0.05, 0.1) is 18.8 Å². The summed E-state index contributed by atoms with van der Waals surface area (Å²) in [5, 5.41) is 13.0. The molecule has 2 N–H and O–H groups in total. The van der Waals surface area contributed by atoms with E-state index < -0.39 is 0 Å². The number of benzene rings is 1. The van der Waals surface area contributed by atoms with E-state index in [0.29, 0.717) is 12.3 Å². The third-order valence-corrected chi connectivity index (χ3v) is 6.11. The number of amides is 1. The second-order valence-electron chi connectivity index (χ2n) is 8.05. The van der Waals surface area contributed by atoms with Gasteiger partial charge in [-0.2, -0.15) is 0 Å². The lowest BCUT2D eigenvalue weighted by molar-refractivity contribution is -0.123. The second-order valence-corrected chi connectivity index (χ2v) is 8.05. The van der Waals surface area contributed by atoms with Crippen LogP contribution in [0.25, 0.3) is 0 Å². The molecular weight excluding hydrogens is 328 g/mol. The molecule has 26 heavy (non-hydrogen) atoms. The van der Waals surface area contributed by atoms with Gasteiger partial charge >= 0.3 is 0 Å². The molecule has 1 saturated carbocycles. The van der Waals surface area contributed by atoms with Crippen molar-refractivity contribution in [1.29, 1.82) is 0 Å². The first-order chi connectivity index (χ1) is 12.7. The monoisotopic (exact) mass is 358 g/mol. The number of piperidine rings is 1. The first-order valence-electron chi connectivity index (χ1n) is 10.1. The molecule has 142 valence electrons. The summed E-state index contributed by atoms with van der Waals surface area (Å²) in [5.41, 5.74) is 2.38. The standard InChI is InChI=1S/C21H30N2O3/c24-18-13-17(14-18)21(16-4-5-19-15(12-16)7-11-26-19)22-20(25)6-10-23-8-2-1-3-9-23/h4-5,12,17-18,21,24H,1-3,6-11,13-14H2,(H,22,25). The van der Waals surface area contributed by atoms with E-state index >= 15 is 0 Å². The molecule has 1 amide bonds. The number of fused-ring (bicyclic) bond motifs is 1. The molecule has 0 bridgehead atoms. The third-order valence-electron chi connectivity index (χ3n) is 6.11. The second kappa shape index (κ2) is 7.97. The molecule has 1 aromatic rings. The number of hydrogen-bond acceptors (Lipinski definition) is 4. The van der Waals surface area contributed by atoms with Crippen LogP contribution in [0.3, 0.4) is 0 Å². The number of carbonyl (C=O) groups excluding carboxylic acids is 1. The summed E-state index contributed by atoms with van der Waals surface area (Å²) in [6.07, 6.45) is 6.63. The fraction of sp³-hybridized carbons (Fsp3) is 0.667. The molecule has 1 unspecified atom stereocenters. The van der Waals surface area contributed by atoms with Crippen molar-refractivity contribution >= 4 is 5.91 Å². The van der Waals surface area contributed by atoms with Gasteiger partial charge in [0.1, 0.15) is 5.75 Å². The predicted molar refractivity (Wildman–Crippen MR) is 100 cm³/mol. The van der Waals surface area contributed by atoms with Gasteiger partial charge in [0.15, 0.2) is 0 Å². The normalized spacial score (nSPS) is 26.5. The summed E-state index contributed by atoms with van der Waals surface area (Å²) in [6.45, 7) is 3.84. The maximum absolute atomic E-state index is 12.6. The maximum Gasteiger partial charge on any atom is 0.221 e. The number of nitrogens with zero attached hydrogens (tertiary/aromatic N) is 1. The van der Waals surface area contributed by atoms with Gasteiger partial charge in [0.2, 0.25) is 5.91 Å². The Morgan fingerprint density at radius 1 is 1.27 bits per heavy atom. The summed E-state index contributed by atoms with van der Waals surface area (Å²) < 4.78 is 5.60. The molecule has 1 aliphatic carbocycles. The zero-order valence-corrected chi connectivity index (χ0v) is 15.5. The molecule has 2 fully saturated rings. The average molecular weight is 358 g/mol. The number of ether oxygens (including phenoxy) is 1. The molecule has 4 rings (SSSR count). The van der Waals surface area contributed by atoms with Crippen LogP contribution in [-0.4, -0.2) is 48.3 Å². The van der Waals surface area contributed by atoms with Crippen molar-refractivity contribution in [3.05, 3.63) is 29.3 Å². The molecule has 5 nitrogen and oxygen atoms in total. The largest absolute Gasteiger partial charge is 0.493 e. The molecule has 0 radical (unpaired) electrons. The number of rotatable bonds is 6. The Kier molecular flexibility index (Phi) is 5.46. The first kappa shape index (κ1) is 17.8. The number of aliphatic hydroxyl groups excluding tert-OH is 1. The van der Waals surface area contributed by atoms with Gasteiger partial charge in [-0.3, -0.25) is 4.79 Å². The van der Waals surface area contributed by atoms with E-state index in [1.54, 1.807) is 0 Å². The van der Waals surface area contributed by atoms with E-state index in [-0.39, 0.29) is 18.1 Å². The highest BCUT2D eigenvalue weighted by molar-refractivity contribution is 5.76. The predicted octanol–water partition coefficient (Wildman–Crippen LogP) is 2.43. The maximum atomic E-state index is 12.6. The smallest absolute Gasteiger partial charge is 0.221 e. The zero-order chi connectivity index (χ0) is 17.9. The van der Waals surface area contributed by atoms with Crippen molar-refractivity contribution in [1.82, 2.24) is 10.2 Å². The topological polar surface area (TPSA) is 61.8 Å². The van der Waals surface area contributed by atoms with Crippen LogP contribution in [0, 0.1) is 5.92 Å². The van der Waals surface area contributed by atoms with E-state index in [9.17, 15) is 9.90 Å². The summed E-state index contributed by atoms with van der Waals surface area (Å²) in [4.78, 5) is 15.0. The Hall–Kier alpha value is -1.59. The fourth-order valence-electron chi connectivity index (χ4n) is 4.46.